The largest absolute Gasteiger partial charge is 0.503 e. The molecule has 1 amide bonds. The van der Waals surface area contributed by atoms with Crippen molar-refractivity contribution in [2.45, 2.75) is 6.43 Å². The Morgan fingerprint density at radius 1 is 1.67 bits per heavy atom. The maximum absolute atomic E-state index is 12.4. The van der Waals surface area contributed by atoms with Gasteiger partial charge in [-0.3, -0.25) is 9.78 Å². The Morgan fingerprint density at radius 3 is 2.67 bits per heavy atom. The minimum absolute atomic E-state index is 0.396. The van der Waals surface area contributed by atoms with Crippen molar-refractivity contribution in [1.82, 2.24) is 4.98 Å². The second-order valence-electron chi connectivity index (χ2n) is 2.60. The summed E-state index contributed by atoms with van der Waals surface area (Å²) in [7, 11) is 1.12. The highest BCUT2D eigenvalue weighted by Crippen LogP contribution is 2.34. The van der Waals surface area contributed by atoms with Gasteiger partial charge in [0.25, 0.3) is 12.3 Å². The highest BCUT2D eigenvalue weighted by Gasteiger charge is 2.25. The molecule has 0 fully saturated rings. The Kier molecular flexibility index (Phi) is 3.03. The average Bonchev–Trinajstić information content (AvgIpc) is 2.16. The Hall–Kier alpha value is -1.92. The zero-order valence-electron chi connectivity index (χ0n) is 7.70. The number of carbonyl (C=O) groups excluding carboxylic acids is 1. The van der Waals surface area contributed by atoms with Crippen molar-refractivity contribution in [2.24, 2.45) is 5.73 Å². The molecule has 0 saturated heterocycles. The summed E-state index contributed by atoms with van der Waals surface area (Å²) in [4.78, 5) is 14.1. The number of hydrogen-bond donors (Lipinski definition) is 2. The van der Waals surface area contributed by atoms with Gasteiger partial charge in [-0.2, -0.15) is 0 Å². The number of primary amides is 1. The number of aromatic nitrogens is 1. The van der Waals surface area contributed by atoms with E-state index in [0.717, 1.165) is 13.3 Å². The molecular weight excluding hydrogens is 210 g/mol. The number of nitrogens with two attached hydrogens (primary N) is 1. The van der Waals surface area contributed by atoms with E-state index in [1.165, 1.54) is 0 Å². The lowest BCUT2D eigenvalue weighted by molar-refractivity contribution is 0.0977. The van der Waals surface area contributed by atoms with E-state index < -0.39 is 35.1 Å². The summed E-state index contributed by atoms with van der Waals surface area (Å²) in [6.07, 6.45) is -2.20. The van der Waals surface area contributed by atoms with Gasteiger partial charge >= 0.3 is 0 Å². The molecule has 1 rings (SSSR count). The van der Waals surface area contributed by atoms with Crippen molar-refractivity contribution in [2.75, 3.05) is 7.11 Å². The average molecular weight is 218 g/mol. The van der Waals surface area contributed by atoms with Crippen LogP contribution in [0, 0.1) is 0 Å². The first-order valence-electron chi connectivity index (χ1n) is 3.82. The first kappa shape index (κ1) is 11.2. The van der Waals surface area contributed by atoms with Crippen molar-refractivity contribution in [3.8, 4) is 11.5 Å². The number of amides is 1. The SMILES string of the molecule is COc1c(O)cnc(C(F)F)c1C(N)=O. The summed E-state index contributed by atoms with van der Waals surface area (Å²) >= 11 is 0. The minimum Gasteiger partial charge on any atom is -0.503 e. The molecule has 1 aromatic heterocycles. The van der Waals surface area contributed by atoms with E-state index >= 15 is 0 Å². The third kappa shape index (κ3) is 1.95. The summed E-state index contributed by atoms with van der Waals surface area (Å²) < 4.78 is 29.5. The number of rotatable bonds is 3. The van der Waals surface area contributed by atoms with Crippen molar-refractivity contribution < 1.29 is 23.4 Å². The molecule has 1 aromatic rings. The Morgan fingerprint density at radius 2 is 2.27 bits per heavy atom. The summed E-state index contributed by atoms with van der Waals surface area (Å²) in [6.45, 7) is 0. The second-order valence-corrected chi connectivity index (χ2v) is 2.60. The van der Waals surface area contributed by atoms with E-state index in [4.69, 9.17) is 5.73 Å². The lowest BCUT2D eigenvalue weighted by atomic mass is 10.1. The predicted octanol–water partition coefficient (Wildman–Crippen LogP) is 0.832. The summed E-state index contributed by atoms with van der Waals surface area (Å²) in [5.41, 5.74) is 3.48. The number of nitrogens with zero attached hydrogens (tertiary/aromatic N) is 1. The molecule has 3 N–H and O–H groups in total. The lowest BCUT2D eigenvalue weighted by Gasteiger charge is -2.10. The summed E-state index contributed by atoms with van der Waals surface area (Å²) in [5, 5.41) is 9.21. The zero-order chi connectivity index (χ0) is 11.6. The summed E-state index contributed by atoms with van der Waals surface area (Å²) in [5.74, 6) is -2.05. The minimum atomic E-state index is -2.97. The van der Waals surface area contributed by atoms with Crippen LogP contribution in [0.2, 0.25) is 0 Å². The summed E-state index contributed by atoms with van der Waals surface area (Å²) in [6, 6.07) is 0. The molecule has 0 saturated carbocycles. The molecule has 5 nitrogen and oxygen atoms in total. The van der Waals surface area contributed by atoms with Gasteiger partial charge in [0.1, 0.15) is 11.3 Å². The molecule has 0 spiro atoms. The van der Waals surface area contributed by atoms with Gasteiger partial charge in [0, 0.05) is 0 Å². The van der Waals surface area contributed by atoms with Gasteiger partial charge in [0.05, 0.1) is 13.3 Å². The number of methoxy groups -OCH3 is 1. The third-order valence-electron chi connectivity index (χ3n) is 1.70. The van der Waals surface area contributed by atoms with Crippen LogP contribution in [0.4, 0.5) is 8.78 Å². The van der Waals surface area contributed by atoms with E-state index in [0.29, 0.717) is 0 Å². The third-order valence-corrected chi connectivity index (χ3v) is 1.70. The molecule has 0 bridgehead atoms. The van der Waals surface area contributed by atoms with Crippen LogP contribution in [-0.2, 0) is 0 Å². The fourth-order valence-electron chi connectivity index (χ4n) is 1.11. The number of halogens is 2. The number of alkyl halides is 2. The molecule has 0 aliphatic rings. The van der Waals surface area contributed by atoms with Gasteiger partial charge in [-0.15, -0.1) is 0 Å². The van der Waals surface area contributed by atoms with Crippen LogP contribution in [0.1, 0.15) is 22.5 Å². The van der Waals surface area contributed by atoms with Gasteiger partial charge in [-0.25, -0.2) is 8.78 Å². The smallest absolute Gasteiger partial charge is 0.281 e. The monoisotopic (exact) mass is 218 g/mol. The Bertz CT molecular complexity index is 396. The molecule has 0 atom stereocenters. The van der Waals surface area contributed by atoms with Crippen LogP contribution in [0.15, 0.2) is 6.20 Å². The van der Waals surface area contributed by atoms with Crippen LogP contribution in [-0.4, -0.2) is 23.1 Å². The molecule has 7 heteroatoms. The number of hydrogen-bond acceptors (Lipinski definition) is 4. The molecule has 0 radical (unpaired) electrons. The van der Waals surface area contributed by atoms with Gasteiger partial charge in [-0.1, -0.05) is 0 Å². The van der Waals surface area contributed by atoms with Gasteiger partial charge < -0.3 is 15.6 Å². The molecule has 0 aliphatic carbocycles. The van der Waals surface area contributed by atoms with E-state index in [2.05, 4.69) is 9.72 Å². The molecule has 82 valence electrons. The predicted molar refractivity (Wildman–Crippen MR) is 45.9 cm³/mol. The van der Waals surface area contributed by atoms with E-state index in [1.54, 1.807) is 0 Å². The van der Waals surface area contributed by atoms with Crippen molar-refractivity contribution in [1.29, 1.82) is 0 Å². The Labute approximate surface area is 83.5 Å². The van der Waals surface area contributed by atoms with Crippen molar-refractivity contribution in [3.05, 3.63) is 17.5 Å². The van der Waals surface area contributed by atoms with Gasteiger partial charge in [0.15, 0.2) is 11.5 Å². The standard InChI is InChI=1S/C8H8F2N2O3/c1-15-6-3(13)2-12-5(7(9)10)4(6)8(11)14/h2,7,13H,1H3,(H2,11,14). The maximum Gasteiger partial charge on any atom is 0.281 e. The van der Waals surface area contributed by atoms with Crippen LogP contribution in [0.3, 0.4) is 0 Å². The molecule has 1 heterocycles. The highest BCUT2D eigenvalue weighted by atomic mass is 19.3. The molecule has 0 unspecified atom stereocenters. The normalized spacial score (nSPS) is 10.4. The maximum atomic E-state index is 12.4. The molecule has 0 aliphatic heterocycles. The molecule has 0 aromatic carbocycles. The van der Waals surface area contributed by atoms with Crippen LogP contribution in [0.5, 0.6) is 11.5 Å². The first-order chi connectivity index (χ1) is 6.99. The lowest BCUT2D eigenvalue weighted by Crippen LogP contribution is -2.16. The van der Waals surface area contributed by atoms with E-state index in [-0.39, 0.29) is 0 Å². The number of carbonyl (C=O) groups is 1. The number of aromatic hydroxyl groups is 1. The van der Waals surface area contributed by atoms with Crippen LogP contribution in [0.25, 0.3) is 0 Å². The topological polar surface area (TPSA) is 85.4 Å². The van der Waals surface area contributed by atoms with Crippen molar-refractivity contribution in [3.63, 3.8) is 0 Å². The number of ether oxygens (including phenoxy) is 1. The quantitative estimate of drug-likeness (QED) is 0.786. The second kappa shape index (κ2) is 4.07. The highest BCUT2D eigenvalue weighted by molar-refractivity contribution is 5.97. The van der Waals surface area contributed by atoms with E-state index in [1.807, 2.05) is 0 Å². The van der Waals surface area contributed by atoms with Gasteiger partial charge in [0.2, 0.25) is 0 Å². The van der Waals surface area contributed by atoms with Crippen LogP contribution >= 0.6 is 0 Å². The van der Waals surface area contributed by atoms with Gasteiger partial charge in [-0.05, 0) is 0 Å². The van der Waals surface area contributed by atoms with E-state index in [9.17, 15) is 18.7 Å². The first-order valence-corrected chi connectivity index (χ1v) is 3.82. The fourth-order valence-corrected chi connectivity index (χ4v) is 1.11. The zero-order valence-corrected chi connectivity index (χ0v) is 7.70. The molecule has 15 heavy (non-hydrogen) atoms. The van der Waals surface area contributed by atoms with Crippen molar-refractivity contribution >= 4 is 5.91 Å². The fraction of sp³-hybridized carbons (Fsp3) is 0.250. The Balaban J connectivity index is 3.49. The number of pyridine rings is 1. The molecular formula is C8H8F2N2O3. The van der Waals surface area contributed by atoms with Crippen LogP contribution < -0.4 is 10.5 Å².